The lowest BCUT2D eigenvalue weighted by Gasteiger charge is -2.39. The number of aliphatic hydroxyl groups is 18. The number of rotatable bonds is 69. The molecule has 1 aromatic carbocycles. The van der Waals surface area contributed by atoms with Crippen LogP contribution in [0.5, 0.6) is 5.75 Å². The number of aryl methyl sites for hydroxylation is 1. The van der Waals surface area contributed by atoms with Gasteiger partial charge in [-0.25, -0.2) is 17.3 Å². The van der Waals surface area contributed by atoms with Crippen molar-refractivity contribution in [3.05, 3.63) is 29.8 Å². The Labute approximate surface area is 905 Å². The number of carbonyl (C=O) groups excluding carboxylic acids is 3. The first-order chi connectivity index (χ1) is 69.3. The fourth-order valence-corrected chi connectivity index (χ4v) is 16.3. The van der Waals surface area contributed by atoms with Gasteiger partial charge in [0.05, 0.1) is 65.3 Å². The molecule has 149 heavy (non-hydrogen) atoms. The first-order valence-electron chi connectivity index (χ1n) is 56.5. The predicted molar refractivity (Wildman–Crippen MR) is 604 cm³/mol. The average Bonchev–Trinajstić information content (AvgIpc) is 0.804. The Bertz CT molecular complexity index is 3460. The van der Waals surface area contributed by atoms with Gasteiger partial charge in [-0.3, -0.25) is 14.4 Å². The maximum Gasteiger partial charge on any atom is 0.229 e. The fourth-order valence-electron chi connectivity index (χ4n) is 14.5. The van der Waals surface area contributed by atoms with Crippen molar-refractivity contribution in [3.63, 3.8) is 0 Å². The molecule has 0 spiro atoms. The highest BCUT2D eigenvalue weighted by atomic mass is 32.2. The molecule has 0 saturated carbocycles. The van der Waals surface area contributed by atoms with Gasteiger partial charge in [0.15, 0.2) is 17.9 Å². The Hall–Kier alpha value is -3.24. The topological polar surface area (TPSA) is 584 Å². The molecule has 2 fully saturated rings. The third-order valence-corrected chi connectivity index (χ3v) is 27.7. The number of ether oxygens (including phenoxy) is 4. The van der Waals surface area contributed by atoms with E-state index in [1.807, 2.05) is 39.8 Å². The highest BCUT2D eigenvalue weighted by Gasteiger charge is 2.48. The summed E-state index contributed by atoms with van der Waals surface area (Å²) in [5.74, 6) is 8.58. The Morgan fingerprint density at radius 2 is 0.846 bits per heavy atom. The van der Waals surface area contributed by atoms with Crippen molar-refractivity contribution in [2.45, 2.75) is 515 Å². The summed E-state index contributed by atoms with van der Waals surface area (Å²) in [6.07, 6.45) is 11.6. The first kappa shape index (κ1) is 156. The third kappa shape index (κ3) is 91.3. The summed E-state index contributed by atoms with van der Waals surface area (Å²) >= 11 is 0. The van der Waals surface area contributed by atoms with Crippen LogP contribution in [0.1, 0.15) is 398 Å². The maximum absolute atomic E-state index is 11.7. The van der Waals surface area contributed by atoms with Crippen LogP contribution in [0.25, 0.3) is 0 Å². The largest absolute Gasteiger partial charge is 0.462 e. The minimum absolute atomic E-state index is 0.0518. The zero-order chi connectivity index (χ0) is 116. The van der Waals surface area contributed by atoms with Crippen molar-refractivity contribution in [1.29, 1.82) is 0 Å². The summed E-state index contributed by atoms with van der Waals surface area (Å²) in [6.45, 7) is 59.7. The van der Waals surface area contributed by atoms with Crippen molar-refractivity contribution in [3.8, 4) is 5.75 Å². The molecule has 34 nitrogen and oxygen atoms in total. The van der Waals surface area contributed by atoms with Crippen molar-refractivity contribution in [2.75, 3.05) is 90.4 Å². The van der Waals surface area contributed by atoms with Gasteiger partial charge >= 0.3 is 0 Å². The Balaban J connectivity index is -0.000000393. The van der Waals surface area contributed by atoms with Crippen LogP contribution in [-0.2, 0) is 54.8 Å². The van der Waals surface area contributed by atoms with Crippen LogP contribution >= 0.6 is 0 Å². The van der Waals surface area contributed by atoms with Crippen LogP contribution in [0.2, 0.25) is 0 Å². The molecule has 36 heteroatoms. The summed E-state index contributed by atoms with van der Waals surface area (Å²) in [7, 11) is -5.84. The molecule has 24 N–H and O–H groups in total. The van der Waals surface area contributed by atoms with Crippen molar-refractivity contribution < 1.29 is 142 Å². The highest BCUT2D eigenvalue weighted by Crippen LogP contribution is 2.29. The first-order valence-corrected chi connectivity index (χ1v) is 60.0. The van der Waals surface area contributed by atoms with Gasteiger partial charge in [-0.05, 0) is 212 Å². The van der Waals surface area contributed by atoms with Gasteiger partial charge < -0.3 is 137 Å². The molecule has 2 aliphatic heterocycles. The molecular formula is C113H231N5O29S2. The molecule has 2 heterocycles. The lowest BCUT2D eigenvalue weighted by molar-refractivity contribution is -0.290. The summed E-state index contributed by atoms with van der Waals surface area (Å²) in [5, 5.41) is 183. The number of carbonyl (C=O) groups is 3. The minimum Gasteiger partial charge on any atom is -0.462 e. The molecule has 1 aromatic rings. The van der Waals surface area contributed by atoms with Crippen LogP contribution in [0.4, 0.5) is 0 Å². The van der Waals surface area contributed by atoms with E-state index in [1.54, 1.807) is 12.1 Å². The molecule has 2 aliphatic rings. The van der Waals surface area contributed by atoms with E-state index in [0.29, 0.717) is 99.1 Å². The second kappa shape index (κ2) is 92.6. The molecule has 0 bridgehead atoms. The van der Waals surface area contributed by atoms with Crippen LogP contribution < -0.4 is 30.7 Å². The summed E-state index contributed by atoms with van der Waals surface area (Å²) in [6, 6.07) is 7.45. The zero-order valence-electron chi connectivity index (χ0n) is 98.2. The number of hydrogen-bond donors (Lipinski definition) is 24. The maximum atomic E-state index is 11.7. The average molecular weight is 2190 g/mol. The zero-order valence-corrected chi connectivity index (χ0v) is 99.8. The number of sulfonamides is 1. The van der Waals surface area contributed by atoms with E-state index >= 15 is 0 Å². The van der Waals surface area contributed by atoms with Crippen LogP contribution in [0, 0.1) is 58.2 Å². The third-order valence-electron chi connectivity index (χ3n) is 25.3. The number of benzene rings is 1. The molecule has 1 amide bonds. The molecular weight excluding hydrogens is 1960 g/mol. The number of ketones is 2. The van der Waals surface area contributed by atoms with Crippen molar-refractivity contribution in [1.82, 2.24) is 26.0 Å². The van der Waals surface area contributed by atoms with Crippen LogP contribution in [0.15, 0.2) is 24.3 Å². The molecule has 20 atom stereocenters. The number of aliphatic hydroxyl groups excluding tert-OH is 18. The standard InChI is InChI=1S/C20H30O6.C16H30O6.C13H28N2O3.C13H29NO6.C13H29NO3S.C11H24O.C10H23NO2.C10H22O2S.C7H16/c1-12(2)6-4-5-7-14-8-10-15(11-9-14)25-20-18(24)16(22)17(23)19(26-20)13(3)21;1-10(2)8-6-4-5-7-9-21-16-14(20)12(18)13(19)15(22-16)11(3)17;1-4-13(9-16,10-17)15-12(18)6-8-14-7-5-11(2)3;1-13(2,3)4-5-14-6-8(16)10(18)12(20)11(19)9(17)7-15;1-4-13(11-15)7-5-6-10-18(16,17)14-9-8-12(2)3;1-4-11(12)9-7-5-6-8-10(2)3;1-4-9(12)10(13)7-11-6-5-8(2)3;1-10(2,3)8-6-5-7-9-13(4,11)12;1-4-5-6-7(2)3/h8-12,16-20,22-24H,4-7H2,1-3H3;10,12-16,18-20H,4-9H2,1-3H3;11,14,16-17H,4-10H2,1-3H3,(H,15,18);8-12,14-20H,4-7H2,1-3H3;12-15H,4-11H2,1-3H3;10-12H,4-9H2,1-3H3;8-13H,4-7H2,1-3H3;4-9H2,1-3H3,(H,11,12);7H,4-6H2,1-3H3. The molecule has 894 valence electrons. The smallest absolute Gasteiger partial charge is 0.229 e. The summed E-state index contributed by atoms with van der Waals surface area (Å²) < 4.78 is 67.2. The van der Waals surface area contributed by atoms with Gasteiger partial charge in [-0.2, -0.15) is 0 Å². The van der Waals surface area contributed by atoms with Crippen LogP contribution in [0.3, 0.4) is 0 Å². The van der Waals surface area contributed by atoms with E-state index in [2.05, 4.69) is 177 Å². The number of Topliss-reactive ketones (excluding diaryl/α,β-unsaturated/α-hetero) is 2. The SMILES string of the molecule is C=S(=O)(O)CCCCCC(C)(C)C.CC(=O)C1OC(OCCCCCCC(C)C)C(O)C(O)C1O.CC(=O)C1OC(Oc2ccc(CCCCC(C)C)cc2)C(O)C(O)C1O.CC(C)(C)CCNCC(O)C(O)C(O)C(O)C(O)CO.CCC(CO)(CO)NC(=O)CCNCCC(C)C.CCC(CO)CCCCS(=O)(=O)NCCC(C)C.CCC(O)C(O)CNCCC(C)C.CCC(O)CCCCCC(C)C.CCCCC(C)C. The molecule has 0 radical (unpaired) electrons. The molecule has 0 aromatic heterocycles. The summed E-state index contributed by atoms with van der Waals surface area (Å²) in [5.41, 5.74) is 0.848. The van der Waals surface area contributed by atoms with E-state index in [4.69, 9.17) is 38.8 Å². The Kier molecular flexibility index (Phi) is 97.2. The monoisotopic (exact) mass is 2190 g/mol. The van der Waals surface area contributed by atoms with Crippen molar-refractivity contribution >= 4 is 43.2 Å². The van der Waals surface area contributed by atoms with Gasteiger partial charge in [0.1, 0.15) is 79.0 Å². The Morgan fingerprint density at radius 3 is 1.28 bits per heavy atom. The van der Waals surface area contributed by atoms with Gasteiger partial charge in [0, 0.05) is 51.6 Å². The van der Waals surface area contributed by atoms with E-state index in [-0.39, 0.29) is 49.5 Å². The fraction of sp³-hybridized carbons (Fsp3) is 0.912. The molecule has 0 aliphatic carbocycles. The van der Waals surface area contributed by atoms with E-state index in [0.717, 1.165) is 146 Å². The number of unbranched alkanes of at least 4 members (excludes halogenated alkanes) is 10. The van der Waals surface area contributed by atoms with Gasteiger partial charge in [-0.15, -0.1) is 0 Å². The quantitative estimate of drug-likeness (QED) is 0.0213. The second-order valence-electron chi connectivity index (χ2n) is 46.1. The lowest BCUT2D eigenvalue weighted by atomic mass is 9.90. The number of nitrogens with one attached hydrogen (secondary N) is 5. The predicted octanol–water partition coefficient (Wildman–Crippen LogP) is 12.8. The Morgan fingerprint density at radius 1 is 0.423 bits per heavy atom. The van der Waals surface area contributed by atoms with Gasteiger partial charge in [0.25, 0.3) is 0 Å². The van der Waals surface area contributed by atoms with Gasteiger partial charge in [-0.1, -0.05) is 294 Å². The normalized spacial score (nSPS) is 20.2. The number of amides is 1. The van der Waals surface area contributed by atoms with E-state index < -0.39 is 148 Å². The second-order valence-corrected chi connectivity index (χ2v) is 50.0. The minimum atomic E-state index is -3.10. The summed E-state index contributed by atoms with van der Waals surface area (Å²) in [4.78, 5) is 34.6. The highest BCUT2D eigenvalue weighted by molar-refractivity contribution is 7.95. The van der Waals surface area contributed by atoms with Crippen LogP contribution in [-0.4, -0.2) is 339 Å². The van der Waals surface area contributed by atoms with Gasteiger partial charge in [0.2, 0.25) is 22.2 Å². The molecule has 3 rings (SSSR count). The lowest BCUT2D eigenvalue weighted by Crippen LogP contribution is -2.60. The van der Waals surface area contributed by atoms with E-state index in [1.165, 1.54) is 96.5 Å². The number of hydrogen-bond acceptors (Lipinski definition) is 31. The molecule has 20 unspecified atom stereocenters. The molecule has 2 saturated heterocycles. The van der Waals surface area contributed by atoms with Crippen molar-refractivity contribution in [2.24, 2.45) is 58.2 Å². The van der Waals surface area contributed by atoms with E-state index in [9.17, 15) is 104 Å².